The van der Waals surface area contributed by atoms with E-state index in [2.05, 4.69) is 66.6 Å². The molecule has 2 N–H and O–H groups in total. The second-order valence-electron chi connectivity index (χ2n) is 13.8. The number of fused-ring (bicyclic) bond motifs is 1. The zero-order chi connectivity index (χ0) is 33.2. The molecule has 6 heteroatoms. The van der Waals surface area contributed by atoms with E-state index in [0.29, 0.717) is 12.5 Å². The van der Waals surface area contributed by atoms with Crippen LogP contribution < -0.4 is 5.32 Å². The standard InChI is InChI=1S/C26H32N2O.C14H18O3/c1-25(2,20-10-4-3-5-11-20)18-26(29,21-12-6-7-13-21)19-28-24-16-8-15-23-22(24)14-9-17-27-23;1-4-17-13(16)12(15)10-14(2,3)11-8-6-5-7-9-11/h3-5,8-11,14-17,21,28-29H,6-7,12-13,18-19H2,1-2H3;5-9H,4,10H2,1-3H3. The number of aromatic nitrogens is 1. The topological polar surface area (TPSA) is 88.5 Å². The van der Waals surface area contributed by atoms with Crippen molar-refractivity contribution in [2.75, 3.05) is 18.5 Å². The van der Waals surface area contributed by atoms with E-state index in [0.717, 1.165) is 41.4 Å². The Morgan fingerprint density at radius 3 is 2.04 bits per heavy atom. The summed E-state index contributed by atoms with van der Waals surface area (Å²) in [4.78, 5) is 27.4. The first-order valence-corrected chi connectivity index (χ1v) is 16.6. The molecule has 0 amide bonds. The third kappa shape index (κ3) is 9.03. The number of Topliss-reactive ketones (excluding diaryl/α,β-unsaturated/α-hetero) is 1. The van der Waals surface area contributed by atoms with E-state index in [1.165, 1.54) is 18.4 Å². The van der Waals surface area contributed by atoms with Gasteiger partial charge in [-0.15, -0.1) is 0 Å². The number of benzene rings is 3. The Kier molecular flexibility index (Phi) is 11.7. The number of carbonyl (C=O) groups excluding carboxylic acids is 2. The van der Waals surface area contributed by atoms with Gasteiger partial charge in [0.05, 0.1) is 17.7 Å². The fourth-order valence-corrected chi connectivity index (χ4v) is 6.75. The maximum atomic E-state index is 12.0. The molecule has 1 fully saturated rings. The maximum absolute atomic E-state index is 12.0. The van der Waals surface area contributed by atoms with E-state index < -0.39 is 17.4 Å². The Morgan fingerprint density at radius 2 is 1.43 bits per heavy atom. The van der Waals surface area contributed by atoms with Gasteiger partial charge in [-0.2, -0.15) is 0 Å². The molecule has 5 rings (SSSR count). The van der Waals surface area contributed by atoms with Crippen molar-refractivity contribution in [2.45, 2.75) is 89.6 Å². The van der Waals surface area contributed by atoms with Crippen LogP contribution in [-0.2, 0) is 25.2 Å². The summed E-state index contributed by atoms with van der Waals surface area (Å²) in [6.07, 6.45) is 7.39. The number of esters is 1. The zero-order valence-corrected chi connectivity index (χ0v) is 28.1. The van der Waals surface area contributed by atoms with Gasteiger partial charge in [0.25, 0.3) is 0 Å². The normalized spacial score (nSPS) is 15.0. The molecule has 4 aromatic rings. The van der Waals surface area contributed by atoms with Gasteiger partial charge in [0.15, 0.2) is 0 Å². The van der Waals surface area contributed by atoms with Gasteiger partial charge >= 0.3 is 5.97 Å². The van der Waals surface area contributed by atoms with Crippen molar-refractivity contribution in [3.63, 3.8) is 0 Å². The van der Waals surface area contributed by atoms with Crippen LogP contribution in [0.3, 0.4) is 0 Å². The number of rotatable bonds is 12. The summed E-state index contributed by atoms with van der Waals surface area (Å²) in [5.41, 5.74) is 3.14. The van der Waals surface area contributed by atoms with Crippen LogP contribution in [0.5, 0.6) is 0 Å². The lowest BCUT2D eigenvalue weighted by atomic mass is 9.70. The Bertz CT molecular complexity index is 1560. The van der Waals surface area contributed by atoms with Crippen molar-refractivity contribution in [2.24, 2.45) is 5.92 Å². The molecule has 1 unspecified atom stereocenters. The molecule has 3 aromatic carbocycles. The van der Waals surface area contributed by atoms with E-state index in [-0.39, 0.29) is 23.9 Å². The minimum absolute atomic E-state index is 0.0966. The van der Waals surface area contributed by atoms with Gasteiger partial charge in [-0.05, 0) is 78.3 Å². The lowest BCUT2D eigenvalue weighted by molar-refractivity contribution is -0.154. The molecule has 1 aromatic heterocycles. The van der Waals surface area contributed by atoms with Crippen LogP contribution in [0.15, 0.2) is 97.2 Å². The summed E-state index contributed by atoms with van der Waals surface area (Å²) in [5, 5.41) is 16.7. The van der Waals surface area contributed by atoms with Gasteiger partial charge in [-0.25, -0.2) is 4.79 Å². The Hall–Kier alpha value is -4.03. The van der Waals surface area contributed by atoms with Crippen LogP contribution in [0.4, 0.5) is 5.69 Å². The van der Waals surface area contributed by atoms with E-state index in [1.807, 2.05) is 68.6 Å². The van der Waals surface area contributed by atoms with Crippen LogP contribution in [0.25, 0.3) is 10.9 Å². The van der Waals surface area contributed by atoms with Crippen molar-refractivity contribution >= 4 is 28.3 Å². The summed E-state index contributed by atoms with van der Waals surface area (Å²) in [6, 6.07) is 30.5. The molecular formula is C40H50N2O4. The number of ether oxygens (including phenoxy) is 1. The smallest absolute Gasteiger partial charge is 0.374 e. The molecule has 1 heterocycles. The lowest BCUT2D eigenvalue weighted by Gasteiger charge is -2.41. The molecule has 0 aliphatic heterocycles. The number of aliphatic hydroxyl groups is 1. The number of nitrogens with one attached hydrogen (secondary N) is 1. The molecule has 6 nitrogen and oxygen atoms in total. The van der Waals surface area contributed by atoms with Crippen molar-refractivity contribution < 1.29 is 19.4 Å². The highest BCUT2D eigenvalue weighted by Crippen LogP contribution is 2.42. The molecule has 0 bridgehead atoms. The fourth-order valence-electron chi connectivity index (χ4n) is 6.75. The number of ketones is 1. The average Bonchev–Trinajstić information content (AvgIpc) is 3.61. The van der Waals surface area contributed by atoms with Gasteiger partial charge < -0.3 is 15.2 Å². The highest BCUT2D eigenvalue weighted by molar-refractivity contribution is 6.33. The van der Waals surface area contributed by atoms with E-state index in [4.69, 9.17) is 4.74 Å². The van der Waals surface area contributed by atoms with Gasteiger partial charge in [-0.3, -0.25) is 9.78 Å². The van der Waals surface area contributed by atoms with Crippen molar-refractivity contribution in [1.82, 2.24) is 4.98 Å². The summed E-state index contributed by atoms with van der Waals surface area (Å²) in [7, 11) is 0. The van der Waals surface area contributed by atoms with Crippen LogP contribution in [-0.4, -0.2) is 40.6 Å². The second kappa shape index (κ2) is 15.5. The summed E-state index contributed by atoms with van der Waals surface area (Å²) >= 11 is 0. The first-order chi connectivity index (χ1) is 21.9. The SMILES string of the molecule is CC(C)(CC(O)(CNc1cccc2ncccc12)C1CCCC1)c1ccccc1.CCOC(=O)C(=O)CC(C)(C)c1ccccc1. The zero-order valence-electron chi connectivity index (χ0n) is 28.1. The molecule has 0 radical (unpaired) electrons. The minimum Gasteiger partial charge on any atom is -0.460 e. The molecule has 46 heavy (non-hydrogen) atoms. The molecule has 1 aliphatic carbocycles. The number of hydrogen-bond acceptors (Lipinski definition) is 6. The number of anilines is 1. The summed E-state index contributed by atoms with van der Waals surface area (Å²) < 4.78 is 4.70. The largest absolute Gasteiger partial charge is 0.460 e. The van der Waals surface area contributed by atoms with Crippen molar-refractivity contribution in [1.29, 1.82) is 0 Å². The molecule has 1 aliphatic rings. The molecule has 244 valence electrons. The van der Waals surface area contributed by atoms with Crippen molar-refractivity contribution in [3.05, 3.63) is 108 Å². The van der Waals surface area contributed by atoms with E-state index in [1.54, 1.807) is 6.92 Å². The first kappa shape index (κ1) is 34.8. The van der Waals surface area contributed by atoms with Crippen LogP contribution in [0.2, 0.25) is 0 Å². The summed E-state index contributed by atoms with van der Waals surface area (Å²) in [5.74, 6) is -0.872. The Labute approximate surface area is 274 Å². The highest BCUT2D eigenvalue weighted by Gasteiger charge is 2.42. The number of pyridine rings is 1. The first-order valence-electron chi connectivity index (χ1n) is 16.6. The lowest BCUT2D eigenvalue weighted by Crippen LogP contribution is -2.47. The molecule has 0 spiro atoms. The predicted octanol–water partition coefficient (Wildman–Crippen LogP) is 8.42. The van der Waals surface area contributed by atoms with Gasteiger partial charge in [-0.1, -0.05) is 107 Å². The summed E-state index contributed by atoms with van der Waals surface area (Å²) in [6.45, 7) is 10.9. The van der Waals surface area contributed by atoms with Crippen LogP contribution in [0, 0.1) is 5.92 Å². The Balaban J connectivity index is 0.000000242. The van der Waals surface area contributed by atoms with Gasteiger partial charge in [0, 0.05) is 30.2 Å². The van der Waals surface area contributed by atoms with Crippen LogP contribution >= 0.6 is 0 Å². The number of carbonyl (C=O) groups is 2. The monoisotopic (exact) mass is 622 g/mol. The molecule has 0 saturated heterocycles. The third-order valence-corrected chi connectivity index (χ3v) is 9.31. The third-order valence-electron chi connectivity index (χ3n) is 9.31. The van der Waals surface area contributed by atoms with E-state index >= 15 is 0 Å². The van der Waals surface area contributed by atoms with Gasteiger partial charge in [0.2, 0.25) is 5.78 Å². The second-order valence-corrected chi connectivity index (χ2v) is 13.8. The van der Waals surface area contributed by atoms with Crippen molar-refractivity contribution in [3.8, 4) is 0 Å². The number of nitrogens with zero attached hydrogens (tertiary/aromatic N) is 1. The average molecular weight is 623 g/mol. The predicted molar refractivity (Wildman–Crippen MR) is 187 cm³/mol. The molecule has 1 atom stereocenters. The minimum atomic E-state index is -0.750. The van der Waals surface area contributed by atoms with E-state index in [9.17, 15) is 14.7 Å². The fraction of sp³-hybridized carbons (Fsp3) is 0.425. The maximum Gasteiger partial charge on any atom is 0.374 e. The quantitative estimate of drug-likeness (QED) is 0.122. The van der Waals surface area contributed by atoms with Crippen LogP contribution in [0.1, 0.15) is 84.3 Å². The molecular weight excluding hydrogens is 572 g/mol. The molecule has 1 saturated carbocycles. The highest BCUT2D eigenvalue weighted by atomic mass is 16.5. The number of hydrogen-bond donors (Lipinski definition) is 2. The van der Waals surface area contributed by atoms with Gasteiger partial charge in [0.1, 0.15) is 0 Å². The Morgan fingerprint density at radius 1 is 0.826 bits per heavy atom.